The van der Waals surface area contributed by atoms with Crippen LogP contribution in [0.5, 0.6) is 11.5 Å². The minimum atomic E-state index is -5.69. The van der Waals surface area contributed by atoms with Crippen molar-refractivity contribution in [1.82, 2.24) is 15.0 Å². The monoisotopic (exact) mass is 1180 g/mol. The normalized spacial score (nSPS) is 13.5. The van der Waals surface area contributed by atoms with Crippen LogP contribution in [0.1, 0.15) is 0 Å². The maximum absolute atomic E-state index is 12.9. The molecule has 0 fully saturated rings. The number of hydrogen-bond acceptors (Lipinski definition) is 27. The smallest absolute Gasteiger partial charge is 0.397 e. The fourth-order valence-electron chi connectivity index (χ4n) is 5.63. The van der Waals surface area contributed by atoms with Crippen LogP contribution in [0.4, 0.5) is 34.6 Å². The van der Waals surface area contributed by atoms with Gasteiger partial charge in [0.25, 0.3) is 40.5 Å². The van der Waals surface area contributed by atoms with Crippen molar-refractivity contribution in [3.63, 3.8) is 0 Å². The number of anilines is 4. The van der Waals surface area contributed by atoms with Crippen molar-refractivity contribution in [3.05, 3.63) is 53.8 Å². The SMILES string of the molecule is O=S(=O)(O)OCCS(=O)(=O)c1ccc(/N=N/c2c(S(=O)(=O)O)cc3c(S(=O)(=O)O)c(Nc4nc(Cl)nc(Nc5cc(S(=O)(=O)CCOS(=O)(=O)O)cc(S(=O)(=O)O)c5O)n4)ccc3c2O)c(S(=O)(=O)O)c1. The summed E-state index contributed by atoms with van der Waals surface area (Å²) in [5.41, 5.74) is -4.03. The second kappa shape index (κ2) is 19.8. The highest BCUT2D eigenvalue weighted by atomic mass is 35.5. The number of aromatic hydroxyl groups is 2. The third-order valence-electron chi connectivity index (χ3n) is 8.50. The molecule has 5 aromatic rings. The third kappa shape index (κ3) is 14.1. The van der Waals surface area contributed by atoms with E-state index in [1.165, 1.54) is 0 Å². The van der Waals surface area contributed by atoms with Crippen molar-refractivity contribution < 1.29 is 113 Å². The summed E-state index contributed by atoms with van der Waals surface area (Å²) >= 11 is 5.99. The van der Waals surface area contributed by atoms with Gasteiger partial charge >= 0.3 is 20.8 Å². The Kier molecular flexibility index (Phi) is 15.8. The van der Waals surface area contributed by atoms with Crippen LogP contribution in [-0.2, 0) is 89.3 Å². The van der Waals surface area contributed by atoms with E-state index in [2.05, 4.69) is 44.2 Å². The van der Waals surface area contributed by atoms with E-state index in [0.717, 1.165) is 12.1 Å². The van der Waals surface area contributed by atoms with E-state index in [1.807, 2.05) is 0 Å². The van der Waals surface area contributed by atoms with Crippen LogP contribution in [0, 0.1) is 0 Å². The van der Waals surface area contributed by atoms with Crippen molar-refractivity contribution in [2.24, 2.45) is 10.2 Å². The lowest BCUT2D eigenvalue weighted by Gasteiger charge is -2.16. The summed E-state index contributed by atoms with van der Waals surface area (Å²) in [6.45, 7) is -2.38. The predicted octanol–water partition coefficient (Wildman–Crippen LogP) is 1.17. The number of aromatic nitrogens is 3. The number of phenolic OH excluding ortho intramolecular Hbond substituents is 2. The Morgan fingerprint density at radius 3 is 1.49 bits per heavy atom. The van der Waals surface area contributed by atoms with Crippen LogP contribution in [0.25, 0.3) is 10.8 Å². The van der Waals surface area contributed by atoms with E-state index in [1.54, 1.807) is 0 Å². The Morgan fingerprint density at radius 1 is 0.507 bits per heavy atom. The number of halogens is 1. The number of benzene rings is 4. The van der Waals surface area contributed by atoms with Crippen LogP contribution < -0.4 is 10.6 Å². The molecule has 0 aliphatic carbocycles. The van der Waals surface area contributed by atoms with Crippen molar-refractivity contribution in [2.75, 3.05) is 35.4 Å². The van der Waals surface area contributed by atoms with Gasteiger partial charge in [-0.15, -0.1) is 10.2 Å². The molecular weight excluding hydrogens is 1150 g/mol. The van der Waals surface area contributed by atoms with Crippen molar-refractivity contribution >= 4 is 138 Å². The molecule has 10 N–H and O–H groups in total. The Morgan fingerprint density at radius 2 is 1.00 bits per heavy atom. The highest BCUT2D eigenvalue weighted by Gasteiger charge is 2.30. The van der Waals surface area contributed by atoms with Crippen molar-refractivity contribution in [3.8, 4) is 11.5 Å². The molecule has 42 heteroatoms. The molecule has 0 bridgehead atoms. The molecule has 0 unspecified atom stereocenters. The second-order valence-corrected chi connectivity index (χ2v) is 25.6. The standard InChI is InChI=1S/C29H26ClN7O26S8/c30-27-33-28(35-29(34-27)32-19-9-14(11-22(25(19)39)68(50,51)52)65(42,43)8-6-63-71(59,60)61)31-18-4-2-15-16(26(18)69(53,54)55)12-21(67(47,48)49)23(24(15)38)37-36-17-3-1-13(10-20(17)66(44,45)46)64(40,41)7-5-62-70(56,57)58/h1-4,9-12,38-39H,5-8H2,(H,44,45,46)(H,47,48,49)(H,50,51,52)(H,53,54,55)(H,56,57,58)(H,59,60,61)(H2,31,32,33,34,35)/b37-36+. The summed E-state index contributed by atoms with van der Waals surface area (Å²) < 4.78 is 260. The van der Waals surface area contributed by atoms with Crippen LogP contribution in [0.15, 0.2) is 88.1 Å². The first kappa shape index (κ1) is 56.4. The number of fused-ring (bicyclic) bond motifs is 1. The summed E-state index contributed by atoms with van der Waals surface area (Å²) in [6, 6.07) is 4.07. The Balaban J connectivity index is 1.61. The molecule has 0 amide bonds. The van der Waals surface area contributed by atoms with E-state index in [4.69, 9.17) is 20.7 Å². The minimum absolute atomic E-state index is 0.246. The van der Waals surface area contributed by atoms with Gasteiger partial charge in [0.2, 0.25) is 17.2 Å². The van der Waals surface area contributed by atoms with Crippen LogP contribution in [0.3, 0.4) is 0 Å². The highest BCUT2D eigenvalue weighted by molar-refractivity contribution is 7.92. The molecule has 71 heavy (non-hydrogen) atoms. The highest BCUT2D eigenvalue weighted by Crippen LogP contribution is 2.46. The molecule has 0 aliphatic rings. The van der Waals surface area contributed by atoms with Gasteiger partial charge in [0.1, 0.15) is 31.0 Å². The van der Waals surface area contributed by atoms with Gasteiger partial charge in [-0.05, 0) is 60.1 Å². The lowest BCUT2D eigenvalue weighted by molar-refractivity contribution is 0.282. The largest absolute Gasteiger partial charge is 0.505 e. The first-order chi connectivity index (χ1) is 32.2. The topological polar surface area (TPSA) is 541 Å². The number of phenols is 2. The number of hydrogen-bond donors (Lipinski definition) is 10. The molecule has 33 nitrogen and oxygen atoms in total. The maximum Gasteiger partial charge on any atom is 0.397 e. The molecular formula is C29H26ClN7O26S8. The first-order valence-corrected chi connectivity index (χ1v) is 29.7. The Hall–Kier alpha value is -5.48. The van der Waals surface area contributed by atoms with Crippen LogP contribution in [0.2, 0.25) is 5.28 Å². The number of nitrogens with zero attached hydrogens (tertiary/aromatic N) is 5. The fraction of sp³-hybridized carbons (Fsp3) is 0.138. The molecule has 1 aromatic heterocycles. The molecule has 0 spiro atoms. The molecule has 388 valence electrons. The van der Waals surface area contributed by atoms with Crippen molar-refractivity contribution in [2.45, 2.75) is 29.4 Å². The summed E-state index contributed by atoms with van der Waals surface area (Å²) in [5.74, 6) is -6.91. The minimum Gasteiger partial charge on any atom is -0.505 e. The molecule has 5 rings (SSSR count). The zero-order valence-corrected chi connectivity index (χ0v) is 41.0. The van der Waals surface area contributed by atoms with Gasteiger partial charge < -0.3 is 20.8 Å². The number of azo groups is 1. The van der Waals surface area contributed by atoms with Gasteiger partial charge in [-0.1, -0.05) is 0 Å². The van der Waals surface area contributed by atoms with Gasteiger partial charge in [-0.25, -0.2) is 25.2 Å². The second-order valence-electron chi connectivity index (χ2n) is 13.3. The number of nitrogens with one attached hydrogen (secondary N) is 2. The quantitative estimate of drug-likeness (QED) is 0.0297. The summed E-state index contributed by atoms with van der Waals surface area (Å²) in [4.78, 5) is 3.47. The zero-order valence-electron chi connectivity index (χ0n) is 33.8. The Bertz CT molecular complexity index is 4010. The molecule has 0 radical (unpaired) electrons. The molecule has 0 saturated heterocycles. The van der Waals surface area contributed by atoms with Crippen molar-refractivity contribution in [1.29, 1.82) is 0 Å². The molecule has 0 aliphatic heterocycles. The number of sulfone groups is 2. The van der Waals surface area contributed by atoms with Gasteiger partial charge in [0.15, 0.2) is 31.2 Å². The van der Waals surface area contributed by atoms with Crippen LogP contribution in [-0.4, -0.2) is 145 Å². The average Bonchev–Trinajstić information content (AvgIpc) is 3.18. The molecule has 4 aromatic carbocycles. The third-order valence-corrected chi connectivity index (χ3v) is 16.5. The fourth-order valence-corrected chi connectivity index (χ4v) is 11.8. The van der Waals surface area contributed by atoms with E-state index in [0.29, 0.717) is 24.3 Å². The molecule has 1 heterocycles. The van der Waals surface area contributed by atoms with E-state index in [9.17, 15) is 95.8 Å². The van der Waals surface area contributed by atoms with E-state index in [-0.39, 0.29) is 12.1 Å². The average molecular weight is 1180 g/mol. The lowest BCUT2D eigenvalue weighted by Crippen LogP contribution is -2.16. The first-order valence-electron chi connectivity index (χ1n) is 17.5. The summed E-state index contributed by atoms with van der Waals surface area (Å²) in [7, 11) is -42.0. The van der Waals surface area contributed by atoms with Gasteiger partial charge in [-0.3, -0.25) is 27.3 Å². The zero-order chi connectivity index (χ0) is 53.7. The van der Waals surface area contributed by atoms with E-state index >= 15 is 0 Å². The van der Waals surface area contributed by atoms with Crippen LogP contribution >= 0.6 is 11.6 Å². The van der Waals surface area contributed by atoms with E-state index < -0.39 is 197 Å². The lowest BCUT2D eigenvalue weighted by atomic mass is 10.1. The Labute approximate surface area is 404 Å². The van der Waals surface area contributed by atoms with Gasteiger partial charge in [0, 0.05) is 10.8 Å². The van der Waals surface area contributed by atoms with Gasteiger partial charge in [0.05, 0.1) is 45.9 Å². The predicted molar refractivity (Wildman–Crippen MR) is 234 cm³/mol. The molecule has 0 saturated carbocycles. The van der Waals surface area contributed by atoms with Gasteiger partial charge in [-0.2, -0.15) is 65.5 Å². The summed E-state index contributed by atoms with van der Waals surface area (Å²) in [6.07, 6.45) is 0. The summed E-state index contributed by atoms with van der Waals surface area (Å²) in [5, 5.41) is 30.6. The molecule has 0 atom stereocenters. The maximum atomic E-state index is 12.9. The number of rotatable bonds is 20.